The summed E-state index contributed by atoms with van der Waals surface area (Å²) in [4.78, 5) is 0.592. The summed E-state index contributed by atoms with van der Waals surface area (Å²) in [6.45, 7) is 0. The van der Waals surface area contributed by atoms with E-state index in [0.29, 0.717) is 4.91 Å². The van der Waals surface area contributed by atoms with Crippen molar-refractivity contribution in [3.05, 3.63) is 121 Å². The molecule has 0 saturated heterocycles. The molecule has 28 heavy (non-hydrogen) atoms. The predicted octanol–water partition coefficient (Wildman–Crippen LogP) is 2.39. The number of rotatable bonds is 6. The summed E-state index contributed by atoms with van der Waals surface area (Å²) in [6.07, 6.45) is 0. The van der Waals surface area contributed by atoms with E-state index >= 15 is 0 Å². The first-order valence-electron chi connectivity index (χ1n) is 9.80. The van der Waals surface area contributed by atoms with Gasteiger partial charge in [-0.25, -0.2) is 0 Å². The van der Waals surface area contributed by atoms with E-state index in [1.807, 2.05) is 0 Å². The quantitative estimate of drug-likeness (QED) is 0.337. The first-order chi connectivity index (χ1) is 13.8. The zero-order chi connectivity index (χ0) is 19.2. The minimum atomic E-state index is -1.42. The van der Waals surface area contributed by atoms with Crippen LogP contribution in [-0.2, 0) is 0 Å². The molecule has 0 nitrogen and oxygen atoms in total. The highest BCUT2D eigenvalue weighted by molar-refractivity contribution is 7.34. The van der Waals surface area contributed by atoms with E-state index in [4.69, 9.17) is 0 Å². The Morgan fingerprint density at radius 1 is 0.393 bits per heavy atom. The molecule has 0 aliphatic carbocycles. The maximum Gasteiger partial charge on any atom is 0.107 e. The highest BCUT2D eigenvalue weighted by atomic mass is 31.0. The largest absolute Gasteiger partial charge is 0.139 e. The fourth-order valence-electron chi connectivity index (χ4n) is 4.11. The Hall–Kier alpha value is -2.26. The molecule has 0 N–H and O–H groups in total. The Morgan fingerprint density at radius 3 is 0.821 bits per heavy atom. The molecule has 1 atom stereocenters. The first kappa shape index (κ1) is 19.1. The monoisotopic (exact) mass is 412 g/mol. The van der Waals surface area contributed by atoms with Gasteiger partial charge < -0.3 is 0 Å². The van der Waals surface area contributed by atoms with Gasteiger partial charge in [0.25, 0.3) is 0 Å². The zero-order valence-electron chi connectivity index (χ0n) is 15.9. The highest BCUT2D eigenvalue weighted by Crippen LogP contribution is 2.12. The minimum absolute atomic E-state index is 0.592. The molecule has 138 valence electrons. The average Bonchev–Trinajstić information content (AvgIpc) is 2.77. The van der Waals surface area contributed by atoms with Gasteiger partial charge in [0.15, 0.2) is 0 Å². The van der Waals surface area contributed by atoms with Gasteiger partial charge in [0.05, 0.1) is 0 Å². The van der Waals surface area contributed by atoms with E-state index < -0.39 is 17.6 Å². The molecule has 0 aliphatic heterocycles. The molecule has 3 heteroatoms. The zero-order valence-corrected chi connectivity index (χ0v) is 19.3. The molecular weight excluding hydrogens is 387 g/mol. The van der Waals surface area contributed by atoms with Crippen LogP contribution in [0.1, 0.15) is 0 Å². The third-order valence-electron chi connectivity index (χ3n) is 5.40. The number of hydrogen-bond acceptors (Lipinski definition) is 0. The van der Waals surface area contributed by atoms with Crippen LogP contribution >= 0.6 is 9.24 Å². The van der Waals surface area contributed by atoms with E-state index in [0.717, 1.165) is 0 Å². The normalized spacial score (nSPS) is 11.3. The third kappa shape index (κ3) is 4.25. The Kier molecular flexibility index (Phi) is 6.33. The van der Waals surface area contributed by atoms with Crippen LogP contribution < -0.4 is 20.7 Å². The summed E-state index contributed by atoms with van der Waals surface area (Å²) in [7, 11) is 0.469. The van der Waals surface area contributed by atoms with E-state index in [-0.39, 0.29) is 0 Å². The third-order valence-corrected chi connectivity index (χ3v) is 16.0. The molecule has 0 aromatic heterocycles. The predicted molar refractivity (Wildman–Crippen MR) is 132 cm³/mol. The fraction of sp³-hybridized carbons (Fsp3) is 0.0400. The van der Waals surface area contributed by atoms with E-state index in [2.05, 4.69) is 131 Å². The molecule has 0 saturated carbocycles. The molecule has 4 aromatic carbocycles. The Balaban J connectivity index is 1.84. The lowest BCUT2D eigenvalue weighted by atomic mass is 10.4. The van der Waals surface area contributed by atoms with Gasteiger partial charge in [0.2, 0.25) is 0 Å². The molecule has 0 aliphatic rings. The second kappa shape index (κ2) is 9.29. The second-order valence-corrected chi connectivity index (χ2v) is 16.4. The van der Waals surface area contributed by atoms with Crippen LogP contribution in [-0.4, -0.2) is 22.5 Å². The molecule has 0 spiro atoms. The molecule has 0 amide bonds. The summed E-state index contributed by atoms with van der Waals surface area (Å²) in [6, 6.07) is 44.7. The van der Waals surface area contributed by atoms with Gasteiger partial charge in [0.1, 0.15) is 17.6 Å². The Morgan fingerprint density at radius 2 is 0.607 bits per heavy atom. The van der Waals surface area contributed by atoms with Gasteiger partial charge in [-0.2, -0.15) is 0 Å². The SMILES string of the molecule is PC([SiH](c1ccccc1)c1ccccc1)[SiH](c1ccccc1)c1ccccc1. The van der Waals surface area contributed by atoms with Gasteiger partial charge in [0, 0.05) is 0 Å². The molecule has 0 heterocycles. The summed E-state index contributed by atoms with van der Waals surface area (Å²) >= 11 is 0. The van der Waals surface area contributed by atoms with Gasteiger partial charge >= 0.3 is 0 Å². The topological polar surface area (TPSA) is 0 Å². The molecular formula is C25H25PSi2. The second-order valence-electron chi connectivity index (χ2n) is 7.18. The van der Waals surface area contributed by atoms with Crippen LogP contribution in [0.25, 0.3) is 0 Å². The summed E-state index contributed by atoms with van der Waals surface area (Å²) < 4.78 is 0. The fourth-order valence-corrected chi connectivity index (χ4v) is 16.1. The van der Waals surface area contributed by atoms with Crippen LogP contribution in [0.2, 0.25) is 0 Å². The number of hydrogen-bond donors (Lipinski definition) is 0. The van der Waals surface area contributed by atoms with Crippen LogP contribution in [0.5, 0.6) is 0 Å². The summed E-state index contributed by atoms with van der Waals surface area (Å²) in [5.41, 5.74) is 0. The smallest absolute Gasteiger partial charge is 0.107 e. The average molecular weight is 413 g/mol. The van der Waals surface area contributed by atoms with Gasteiger partial charge in [-0.3, -0.25) is 0 Å². The Bertz CT molecular complexity index is 814. The molecule has 0 fully saturated rings. The van der Waals surface area contributed by atoms with Crippen molar-refractivity contribution in [1.29, 1.82) is 0 Å². The van der Waals surface area contributed by atoms with Crippen molar-refractivity contribution in [3.63, 3.8) is 0 Å². The van der Waals surface area contributed by atoms with Crippen molar-refractivity contribution in [2.24, 2.45) is 0 Å². The van der Waals surface area contributed by atoms with Crippen LogP contribution in [0.3, 0.4) is 0 Å². The van der Waals surface area contributed by atoms with Gasteiger partial charge in [-0.15, -0.1) is 9.24 Å². The van der Waals surface area contributed by atoms with E-state index in [1.165, 1.54) is 20.7 Å². The lowest BCUT2D eigenvalue weighted by Crippen LogP contribution is -2.62. The summed E-state index contributed by atoms with van der Waals surface area (Å²) in [5.74, 6) is 0. The van der Waals surface area contributed by atoms with Crippen LogP contribution in [0.15, 0.2) is 121 Å². The molecule has 1 unspecified atom stereocenters. The highest BCUT2D eigenvalue weighted by Gasteiger charge is 2.33. The van der Waals surface area contributed by atoms with Gasteiger partial charge in [-0.05, 0) is 4.91 Å². The molecule has 4 rings (SSSR count). The van der Waals surface area contributed by atoms with E-state index in [1.54, 1.807) is 0 Å². The molecule has 0 radical (unpaired) electrons. The lowest BCUT2D eigenvalue weighted by molar-refractivity contribution is 1.64. The Labute approximate surface area is 173 Å². The first-order valence-corrected chi connectivity index (χ1v) is 14.1. The van der Waals surface area contributed by atoms with Crippen molar-refractivity contribution in [2.75, 3.05) is 0 Å². The number of benzene rings is 4. The lowest BCUT2D eigenvalue weighted by Gasteiger charge is -2.30. The maximum atomic E-state index is 3.30. The molecule has 0 bridgehead atoms. The van der Waals surface area contributed by atoms with Crippen molar-refractivity contribution < 1.29 is 0 Å². The minimum Gasteiger partial charge on any atom is -0.139 e. The standard InChI is InChI=1S/C25H25PSi2/c26-25(27(21-13-5-1-6-14-21)22-15-7-2-8-16-22)28(23-17-9-3-10-18-23)24-19-11-4-12-20-24/h1-20,25,27-28H,26H2. The van der Waals surface area contributed by atoms with Crippen molar-refractivity contribution in [1.82, 2.24) is 0 Å². The van der Waals surface area contributed by atoms with Gasteiger partial charge in [-0.1, -0.05) is 142 Å². The van der Waals surface area contributed by atoms with Crippen molar-refractivity contribution in [3.8, 4) is 0 Å². The summed E-state index contributed by atoms with van der Waals surface area (Å²) in [5, 5.41) is 6.10. The van der Waals surface area contributed by atoms with Crippen molar-refractivity contribution >= 4 is 47.6 Å². The van der Waals surface area contributed by atoms with Crippen LogP contribution in [0.4, 0.5) is 0 Å². The van der Waals surface area contributed by atoms with E-state index in [9.17, 15) is 0 Å². The molecule has 4 aromatic rings. The maximum absolute atomic E-state index is 3.30. The van der Waals surface area contributed by atoms with Crippen molar-refractivity contribution in [2.45, 2.75) is 4.91 Å². The van der Waals surface area contributed by atoms with Crippen LogP contribution in [0, 0.1) is 0 Å².